The summed E-state index contributed by atoms with van der Waals surface area (Å²) in [7, 11) is 0. The summed E-state index contributed by atoms with van der Waals surface area (Å²) in [4.78, 5) is 0. The summed E-state index contributed by atoms with van der Waals surface area (Å²) in [6.45, 7) is 3.85. The molecule has 1 heteroatoms. The third kappa shape index (κ3) is 2.41. The van der Waals surface area contributed by atoms with Crippen LogP contribution in [-0.2, 0) is 6.42 Å². The molecule has 0 saturated heterocycles. The van der Waals surface area contributed by atoms with Crippen molar-refractivity contribution in [3.63, 3.8) is 0 Å². The zero-order valence-electron chi connectivity index (χ0n) is 9.04. The van der Waals surface area contributed by atoms with E-state index in [1.165, 1.54) is 30.0 Å². The van der Waals surface area contributed by atoms with Crippen LogP contribution in [0.15, 0.2) is 34.9 Å². The third-order valence-corrected chi connectivity index (χ3v) is 2.74. The standard InChI is InChI=1S/C14H17O/c1-2-3-4-5-10-14-13-9-7-6-8-12(13)11-15-14/h6-9,11H,1-5,10H2. The van der Waals surface area contributed by atoms with Crippen LogP contribution in [0.1, 0.15) is 31.4 Å². The predicted molar refractivity (Wildman–Crippen MR) is 63.7 cm³/mol. The molecule has 0 amide bonds. The summed E-state index contributed by atoms with van der Waals surface area (Å²) in [6, 6.07) is 8.34. The van der Waals surface area contributed by atoms with Gasteiger partial charge in [-0.15, -0.1) is 0 Å². The van der Waals surface area contributed by atoms with E-state index in [2.05, 4.69) is 25.1 Å². The Morgan fingerprint density at radius 2 is 1.93 bits per heavy atom. The van der Waals surface area contributed by atoms with Crippen LogP contribution >= 0.6 is 0 Å². The molecule has 1 aromatic carbocycles. The Labute approximate surface area is 91.1 Å². The average Bonchev–Trinajstić information content (AvgIpc) is 2.68. The molecule has 0 atom stereocenters. The van der Waals surface area contributed by atoms with Crippen molar-refractivity contribution in [2.45, 2.75) is 32.1 Å². The lowest BCUT2D eigenvalue weighted by atomic mass is 10.1. The molecular weight excluding hydrogens is 184 g/mol. The second-order valence-electron chi connectivity index (χ2n) is 3.91. The van der Waals surface area contributed by atoms with Crippen LogP contribution in [0.4, 0.5) is 0 Å². The van der Waals surface area contributed by atoms with Gasteiger partial charge in [0.05, 0.1) is 6.26 Å². The Bertz CT molecular complexity index is 414. The van der Waals surface area contributed by atoms with Crippen LogP contribution in [0.2, 0.25) is 0 Å². The lowest BCUT2D eigenvalue weighted by Crippen LogP contribution is -1.83. The first-order chi connectivity index (χ1) is 7.42. The van der Waals surface area contributed by atoms with Crippen molar-refractivity contribution in [1.29, 1.82) is 0 Å². The molecule has 1 aromatic heterocycles. The van der Waals surface area contributed by atoms with Gasteiger partial charge in [0.15, 0.2) is 0 Å². The molecule has 2 rings (SSSR count). The molecule has 0 N–H and O–H groups in total. The lowest BCUT2D eigenvalue weighted by Gasteiger charge is -1.97. The largest absolute Gasteiger partial charge is 0.468 e. The van der Waals surface area contributed by atoms with Crippen LogP contribution in [0.3, 0.4) is 0 Å². The molecule has 79 valence electrons. The maximum atomic E-state index is 5.58. The van der Waals surface area contributed by atoms with Crippen molar-refractivity contribution in [3.8, 4) is 0 Å². The van der Waals surface area contributed by atoms with Crippen molar-refractivity contribution in [3.05, 3.63) is 43.2 Å². The van der Waals surface area contributed by atoms with Gasteiger partial charge in [-0.3, -0.25) is 0 Å². The Morgan fingerprint density at radius 3 is 2.80 bits per heavy atom. The van der Waals surface area contributed by atoms with Gasteiger partial charge >= 0.3 is 0 Å². The number of unbranched alkanes of at least 4 members (excludes halogenated alkanes) is 3. The molecule has 0 aliphatic carbocycles. The van der Waals surface area contributed by atoms with E-state index in [1.54, 1.807) is 0 Å². The van der Waals surface area contributed by atoms with E-state index in [0.717, 1.165) is 18.6 Å². The smallest absolute Gasteiger partial charge is 0.111 e. The molecule has 0 aliphatic rings. The van der Waals surface area contributed by atoms with E-state index in [0.29, 0.717) is 0 Å². The van der Waals surface area contributed by atoms with E-state index in [1.807, 2.05) is 12.3 Å². The molecule has 0 aliphatic heterocycles. The summed E-state index contributed by atoms with van der Waals surface area (Å²) in [5.41, 5.74) is 0. The van der Waals surface area contributed by atoms with Crippen molar-refractivity contribution in [2.24, 2.45) is 0 Å². The number of furan rings is 1. The molecule has 0 bridgehead atoms. The Morgan fingerprint density at radius 1 is 1.07 bits per heavy atom. The van der Waals surface area contributed by atoms with Crippen molar-refractivity contribution < 1.29 is 4.42 Å². The first-order valence-electron chi connectivity index (χ1n) is 5.66. The molecule has 0 spiro atoms. The maximum Gasteiger partial charge on any atom is 0.111 e. The average molecular weight is 201 g/mol. The van der Waals surface area contributed by atoms with Gasteiger partial charge in [-0.2, -0.15) is 0 Å². The first kappa shape index (κ1) is 10.3. The number of fused-ring (bicyclic) bond motifs is 1. The molecule has 0 unspecified atom stereocenters. The molecule has 1 radical (unpaired) electrons. The van der Waals surface area contributed by atoms with Gasteiger partial charge < -0.3 is 4.42 Å². The maximum absolute atomic E-state index is 5.58. The highest BCUT2D eigenvalue weighted by atomic mass is 16.3. The highest BCUT2D eigenvalue weighted by Gasteiger charge is 2.04. The van der Waals surface area contributed by atoms with Crippen molar-refractivity contribution >= 4 is 10.8 Å². The zero-order chi connectivity index (χ0) is 10.5. The van der Waals surface area contributed by atoms with E-state index in [-0.39, 0.29) is 0 Å². The fourth-order valence-corrected chi connectivity index (χ4v) is 1.88. The summed E-state index contributed by atoms with van der Waals surface area (Å²) in [6.07, 6.45) is 7.61. The topological polar surface area (TPSA) is 13.1 Å². The molecule has 2 aromatic rings. The van der Waals surface area contributed by atoms with Gasteiger partial charge in [-0.05, 0) is 6.42 Å². The van der Waals surface area contributed by atoms with Crippen LogP contribution in [0.5, 0.6) is 0 Å². The van der Waals surface area contributed by atoms with E-state index in [4.69, 9.17) is 4.42 Å². The van der Waals surface area contributed by atoms with Gasteiger partial charge in [-0.1, -0.05) is 50.5 Å². The molecule has 1 nitrogen and oxygen atoms in total. The fourth-order valence-electron chi connectivity index (χ4n) is 1.88. The normalized spacial score (nSPS) is 11.0. The summed E-state index contributed by atoms with van der Waals surface area (Å²) < 4.78 is 5.58. The quantitative estimate of drug-likeness (QED) is 0.655. The second kappa shape index (κ2) is 5.01. The molecule has 0 fully saturated rings. The molecular formula is C14H17O. The van der Waals surface area contributed by atoms with Crippen LogP contribution in [0.25, 0.3) is 10.8 Å². The first-order valence-corrected chi connectivity index (χ1v) is 5.66. The van der Waals surface area contributed by atoms with Crippen molar-refractivity contribution in [2.75, 3.05) is 0 Å². The summed E-state index contributed by atoms with van der Waals surface area (Å²) in [5.74, 6) is 1.13. The lowest BCUT2D eigenvalue weighted by molar-refractivity contribution is 0.501. The number of rotatable bonds is 5. The molecule has 1 heterocycles. The van der Waals surface area contributed by atoms with Crippen LogP contribution in [-0.4, -0.2) is 0 Å². The Hall–Kier alpha value is -1.24. The van der Waals surface area contributed by atoms with E-state index >= 15 is 0 Å². The van der Waals surface area contributed by atoms with Gasteiger partial charge in [0.25, 0.3) is 0 Å². The third-order valence-electron chi connectivity index (χ3n) is 2.74. The Kier molecular flexibility index (Phi) is 3.44. The highest BCUT2D eigenvalue weighted by molar-refractivity contribution is 5.83. The van der Waals surface area contributed by atoms with Gasteiger partial charge in [0.1, 0.15) is 5.76 Å². The minimum absolute atomic E-state index is 1.04. The number of hydrogen-bond acceptors (Lipinski definition) is 1. The Balaban J connectivity index is 2.02. The highest BCUT2D eigenvalue weighted by Crippen LogP contribution is 2.22. The van der Waals surface area contributed by atoms with Crippen LogP contribution < -0.4 is 0 Å². The summed E-state index contributed by atoms with van der Waals surface area (Å²) in [5, 5.41) is 2.48. The molecule has 15 heavy (non-hydrogen) atoms. The van der Waals surface area contributed by atoms with E-state index < -0.39 is 0 Å². The monoisotopic (exact) mass is 201 g/mol. The SMILES string of the molecule is [CH2]CCCCCc1occ2ccccc12. The zero-order valence-corrected chi connectivity index (χ0v) is 9.04. The van der Waals surface area contributed by atoms with Crippen molar-refractivity contribution in [1.82, 2.24) is 0 Å². The fraction of sp³-hybridized carbons (Fsp3) is 0.357. The number of benzene rings is 1. The second-order valence-corrected chi connectivity index (χ2v) is 3.91. The minimum Gasteiger partial charge on any atom is -0.468 e. The van der Waals surface area contributed by atoms with Gasteiger partial charge in [-0.25, -0.2) is 0 Å². The van der Waals surface area contributed by atoms with Crippen LogP contribution in [0, 0.1) is 6.92 Å². The summed E-state index contributed by atoms with van der Waals surface area (Å²) >= 11 is 0. The number of aryl methyl sites for hydroxylation is 1. The van der Waals surface area contributed by atoms with Gasteiger partial charge in [0.2, 0.25) is 0 Å². The number of hydrogen-bond donors (Lipinski definition) is 0. The van der Waals surface area contributed by atoms with Gasteiger partial charge in [0, 0.05) is 17.2 Å². The van der Waals surface area contributed by atoms with E-state index in [9.17, 15) is 0 Å². The predicted octanol–water partition coefficient (Wildman–Crippen LogP) is 4.37. The molecule has 0 saturated carbocycles. The minimum atomic E-state index is 1.04.